The van der Waals surface area contributed by atoms with E-state index in [2.05, 4.69) is 5.32 Å². The monoisotopic (exact) mass is 329 g/mol. The number of aliphatic carboxylic acids is 1. The fourth-order valence-corrected chi connectivity index (χ4v) is 2.43. The summed E-state index contributed by atoms with van der Waals surface area (Å²) in [5, 5.41) is 11.8. The van der Waals surface area contributed by atoms with Crippen molar-refractivity contribution in [1.82, 2.24) is 0 Å². The number of carboxylic acids is 1. The molecule has 0 aromatic heterocycles. The maximum Gasteiger partial charge on any atom is 0.310 e. The predicted molar refractivity (Wildman–Crippen MR) is 90.6 cm³/mol. The smallest absolute Gasteiger partial charge is 0.310 e. The van der Waals surface area contributed by atoms with E-state index in [0.29, 0.717) is 11.3 Å². The second-order valence-corrected chi connectivity index (χ2v) is 5.89. The molecule has 4 nitrogen and oxygen atoms in total. The van der Waals surface area contributed by atoms with Crippen molar-refractivity contribution in [1.29, 1.82) is 0 Å². The molecule has 1 amide bonds. The van der Waals surface area contributed by atoms with Crippen LogP contribution >= 0.6 is 0 Å². The van der Waals surface area contributed by atoms with Crippen LogP contribution < -0.4 is 5.32 Å². The molecule has 0 aliphatic carbocycles. The van der Waals surface area contributed by atoms with Crippen molar-refractivity contribution in [3.8, 4) is 0 Å². The van der Waals surface area contributed by atoms with Gasteiger partial charge in [-0.3, -0.25) is 9.59 Å². The first-order valence-electron chi connectivity index (χ1n) is 7.75. The highest BCUT2D eigenvalue weighted by Gasteiger charge is 2.15. The molecule has 2 N–H and O–H groups in total. The van der Waals surface area contributed by atoms with E-state index >= 15 is 0 Å². The Labute approximate surface area is 140 Å². The van der Waals surface area contributed by atoms with Gasteiger partial charge in [-0.05, 0) is 48.2 Å². The summed E-state index contributed by atoms with van der Waals surface area (Å²) < 4.78 is 12.9. The van der Waals surface area contributed by atoms with Crippen molar-refractivity contribution in [3.05, 3.63) is 65.5 Å². The zero-order valence-electron chi connectivity index (χ0n) is 13.6. The molecule has 0 radical (unpaired) electrons. The molecule has 126 valence electrons. The second-order valence-electron chi connectivity index (χ2n) is 5.89. The number of carboxylic acid groups (broad SMARTS) is 1. The van der Waals surface area contributed by atoms with Gasteiger partial charge < -0.3 is 10.4 Å². The highest BCUT2D eigenvalue weighted by atomic mass is 19.1. The Morgan fingerprint density at radius 3 is 2.38 bits per heavy atom. The number of carbonyl (C=O) groups excluding carboxylic acids is 1. The van der Waals surface area contributed by atoms with E-state index in [0.717, 1.165) is 5.56 Å². The van der Waals surface area contributed by atoms with Gasteiger partial charge in [-0.1, -0.05) is 31.2 Å². The van der Waals surface area contributed by atoms with Gasteiger partial charge in [-0.2, -0.15) is 0 Å². The van der Waals surface area contributed by atoms with Crippen LogP contribution in [0.3, 0.4) is 0 Å². The van der Waals surface area contributed by atoms with Gasteiger partial charge in [0.25, 0.3) is 0 Å². The summed E-state index contributed by atoms with van der Waals surface area (Å²) >= 11 is 0. The quantitative estimate of drug-likeness (QED) is 0.837. The average molecular weight is 329 g/mol. The fraction of sp³-hybridized carbons (Fsp3) is 0.263. The summed E-state index contributed by atoms with van der Waals surface area (Å²) in [7, 11) is 0. The summed E-state index contributed by atoms with van der Waals surface area (Å²) in [5.74, 6) is -2.08. The van der Waals surface area contributed by atoms with E-state index in [1.54, 1.807) is 43.3 Å². The van der Waals surface area contributed by atoms with Crippen LogP contribution in [0.25, 0.3) is 0 Å². The molecule has 0 bridgehead atoms. The lowest BCUT2D eigenvalue weighted by Crippen LogP contribution is -2.15. The van der Waals surface area contributed by atoms with Crippen LogP contribution in [0, 0.1) is 5.82 Å². The second kappa shape index (κ2) is 7.73. The third-order valence-electron chi connectivity index (χ3n) is 3.97. The molecule has 0 saturated carbocycles. The molecule has 2 aromatic rings. The molecule has 0 spiro atoms. The maximum absolute atomic E-state index is 12.9. The third-order valence-corrected chi connectivity index (χ3v) is 3.97. The van der Waals surface area contributed by atoms with Gasteiger partial charge in [0.1, 0.15) is 5.82 Å². The van der Waals surface area contributed by atoms with E-state index in [1.165, 1.54) is 12.1 Å². The Bertz CT molecular complexity index is 728. The molecule has 0 heterocycles. The highest BCUT2D eigenvalue weighted by molar-refractivity contribution is 5.91. The van der Waals surface area contributed by atoms with Crippen LogP contribution in [0.15, 0.2) is 48.5 Å². The number of hydrogen-bond donors (Lipinski definition) is 2. The van der Waals surface area contributed by atoms with Gasteiger partial charge in [0.15, 0.2) is 0 Å². The summed E-state index contributed by atoms with van der Waals surface area (Å²) in [4.78, 5) is 23.2. The number of nitrogens with one attached hydrogen (secondary N) is 1. The van der Waals surface area contributed by atoms with Crippen molar-refractivity contribution in [3.63, 3.8) is 0 Å². The largest absolute Gasteiger partial charge is 0.481 e. The lowest BCUT2D eigenvalue weighted by atomic mass is 9.97. The first-order valence-corrected chi connectivity index (χ1v) is 7.75. The SMILES string of the molecule is CC(CC(=O)Nc1cccc(C(C)C(=O)O)c1)c1ccc(F)cc1. The predicted octanol–water partition coefficient (Wildman–Crippen LogP) is 4.15. The first kappa shape index (κ1) is 17.7. The van der Waals surface area contributed by atoms with Gasteiger partial charge in [-0.15, -0.1) is 0 Å². The molecule has 0 aliphatic rings. The Morgan fingerprint density at radius 1 is 1.08 bits per heavy atom. The zero-order chi connectivity index (χ0) is 17.7. The summed E-state index contributed by atoms with van der Waals surface area (Å²) in [6.45, 7) is 3.50. The molecule has 24 heavy (non-hydrogen) atoms. The zero-order valence-corrected chi connectivity index (χ0v) is 13.6. The third kappa shape index (κ3) is 4.65. The average Bonchev–Trinajstić information content (AvgIpc) is 2.54. The van der Waals surface area contributed by atoms with Crippen LogP contribution in [-0.2, 0) is 9.59 Å². The van der Waals surface area contributed by atoms with E-state index in [4.69, 9.17) is 5.11 Å². The number of anilines is 1. The van der Waals surface area contributed by atoms with Gasteiger partial charge >= 0.3 is 5.97 Å². The summed E-state index contributed by atoms with van der Waals surface area (Å²) in [5.41, 5.74) is 2.09. The van der Waals surface area contributed by atoms with Crippen molar-refractivity contribution in [2.24, 2.45) is 0 Å². The molecule has 0 saturated heterocycles. The van der Waals surface area contributed by atoms with Gasteiger partial charge in [0.2, 0.25) is 5.91 Å². The van der Waals surface area contributed by atoms with Gasteiger partial charge in [-0.25, -0.2) is 4.39 Å². The molecular formula is C19H20FNO3. The molecule has 5 heteroatoms. The summed E-state index contributed by atoms with van der Waals surface area (Å²) in [6, 6.07) is 12.9. The van der Waals surface area contributed by atoms with Crippen LogP contribution in [0.1, 0.15) is 43.2 Å². The minimum absolute atomic E-state index is 0.0493. The number of benzene rings is 2. The standard InChI is InChI=1S/C19H20FNO3/c1-12(14-6-8-16(20)9-7-14)10-18(22)21-17-5-3-4-15(11-17)13(2)19(23)24/h3-9,11-13H,10H2,1-2H3,(H,21,22)(H,23,24). The van der Waals surface area contributed by atoms with Crippen molar-refractivity contribution < 1.29 is 19.1 Å². The molecule has 0 fully saturated rings. The Kier molecular flexibility index (Phi) is 5.68. The van der Waals surface area contributed by atoms with E-state index in [-0.39, 0.29) is 24.1 Å². The molecule has 0 aliphatic heterocycles. The number of amides is 1. The van der Waals surface area contributed by atoms with Crippen LogP contribution in [0.4, 0.5) is 10.1 Å². The van der Waals surface area contributed by atoms with Crippen molar-refractivity contribution in [2.75, 3.05) is 5.32 Å². The normalized spacial score (nSPS) is 13.1. The lowest BCUT2D eigenvalue weighted by molar-refractivity contribution is -0.138. The van der Waals surface area contributed by atoms with Crippen LogP contribution in [0.5, 0.6) is 0 Å². The summed E-state index contributed by atoms with van der Waals surface area (Å²) in [6.07, 6.45) is 0.254. The van der Waals surface area contributed by atoms with Gasteiger partial charge in [0.05, 0.1) is 5.92 Å². The maximum atomic E-state index is 12.9. The minimum Gasteiger partial charge on any atom is -0.481 e. The fourth-order valence-electron chi connectivity index (χ4n) is 2.43. The van der Waals surface area contributed by atoms with E-state index < -0.39 is 11.9 Å². The molecule has 2 atom stereocenters. The molecule has 2 unspecified atom stereocenters. The highest BCUT2D eigenvalue weighted by Crippen LogP contribution is 2.22. The Morgan fingerprint density at radius 2 is 1.75 bits per heavy atom. The van der Waals surface area contributed by atoms with Crippen LogP contribution in [0.2, 0.25) is 0 Å². The Hall–Kier alpha value is -2.69. The Balaban J connectivity index is 2.00. The number of hydrogen-bond acceptors (Lipinski definition) is 2. The van der Waals surface area contributed by atoms with Gasteiger partial charge in [0, 0.05) is 12.1 Å². The van der Waals surface area contributed by atoms with Crippen LogP contribution in [-0.4, -0.2) is 17.0 Å². The van der Waals surface area contributed by atoms with E-state index in [9.17, 15) is 14.0 Å². The number of halogens is 1. The topological polar surface area (TPSA) is 66.4 Å². The molecule has 2 rings (SSSR count). The lowest BCUT2D eigenvalue weighted by Gasteiger charge is -2.13. The minimum atomic E-state index is -0.914. The van der Waals surface area contributed by atoms with Crippen molar-refractivity contribution in [2.45, 2.75) is 32.1 Å². The van der Waals surface area contributed by atoms with Crippen molar-refractivity contribution >= 4 is 17.6 Å². The molecule has 2 aromatic carbocycles. The number of rotatable bonds is 6. The molecular weight excluding hydrogens is 309 g/mol. The first-order chi connectivity index (χ1) is 11.4. The number of carbonyl (C=O) groups is 2. The van der Waals surface area contributed by atoms with E-state index in [1.807, 2.05) is 6.92 Å².